The number of anilines is 1. The minimum absolute atomic E-state index is 0.166. The fourth-order valence-corrected chi connectivity index (χ4v) is 1.37. The molecule has 3 N–H and O–H groups in total. The van der Waals surface area contributed by atoms with E-state index in [1.165, 1.54) is 0 Å². The molecule has 1 aromatic rings. The van der Waals surface area contributed by atoms with E-state index in [1.807, 2.05) is 6.07 Å². The van der Waals surface area contributed by atoms with Gasteiger partial charge in [0.1, 0.15) is 6.07 Å². The van der Waals surface area contributed by atoms with E-state index in [1.54, 1.807) is 25.1 Å². The normalized spacial score (nSPS) is 11.1. The van der Waals surface area contributed by atoms with Crippen molar-refractivity contribution in [3.8, 4) is 18.4 Å². The smallest absolute Gasteiger partial charge is 0.242 e. The summed E-state index contributed by atoms with van der Waals surface area (Å²) in [6, 6.07) is 6.51. The molecule has 0 fully saturated rings. The second kappa shape index (κ2) is 5.69. The molecule has 86 valence electrons. The number of amides is 1. The Labute approximate surface area is 100 Å². The molecule has 1 atom stereocenters. The molecule has 0 aromatic heterocycles. The van der Waals surface area contributed by atoms with Crippen molar-refractivity contribution in [3.05, 3.63) is 29.3 Å². The number of aryl methyl sites for hydroxylation is 1. The summed E-state index contributed by atoms with van der Waals surface area (Å²) in [6.45, 7) is 1.80. The summed E-state index contributed by atoms with van der Waals surface area (Å²) in [6.07, 6.45) is 5.24. The topological polar surface area (TPSA) is 78.9 Å². The van der Waals surface area contributed by atoms with Crippen molar-refractivity contribution >= 4 is 11.6 Å². The molecule has 0 bridgehead atoms. The van der Waals surface area contributed by atoms with Gasteiger partial charge in [0.25, 0.3) is 0 Å². The van der Waals surface area contributed by atoms with E-state index in [0.717, 1.165) is 5.56 Å². The molecule has 0 heterocycles. The summed E-state index contributed by atoms with van der Waals surface area (Å²) in [5.41, 5.74) is 7.27. The van der Waals surface area contributed by atoms with Crippen LogP contribution >= 0.6 is 0 Å². The number of carbonyl (C=O) groups is 1. The van der Waals surface area contributed by atoms with Crippen molar-refractivity contribution in [3.63, 3.8) is 0 Å². The van der Waals surface area contributed by atoms with Crippen LogP contribution in [0, 0.1) is 30.6 Å². The molecule has 0 aliphatic heterocycles. The first kappa shape index (κ1) is 12.8. The molecule has 0 radical (unpaired) electrons. The van der Waals surface area contributed by atoms with Crippen molar-refractivity contribution in [1.29, 1.82) is 5.26 Å². The van der Waals surface area contributed by atoms with Gasteiger partial charge in [-0.15, -0.1) is 12.3 Å². The zero-order chi connectivity index (χ0) is 12.8. The number of terminal acetylenes is 1. The van der Waals surface area contributed by atoms with Gasteiger partial charge < -0.3 is 11.1 Å². The third-order valence-corrected chi connectivity index (χ3v) is 2.32. The minimum atomic E-state index is -0.757. The number of nitrogens with one attached hydrogen (secondary N) is 1. The summed E-state index contributed by atoms with van der Waals surface area (Å²) < 4.78 is 0. The fourth-order valence-electron chi connectivity index (χ4n) is 1.37. The number of hydrogen-bond acceptors (Lipinski definition) is 3. The zero-order valence-corrected chi connectivity index (χ0v) is 9.53. The third-order valence-electron chi connectivity index (χ3n) is 2.32. The van der Waals surface area contributed by atoms with Crippen LogP contribution in [0.2, 0.25) is 0 Å². The highest BCUT2D eigenvalue weighted by atomic mass is 16.2. The summed E-state index contributed by atoms with van der Waals surface area (Å²) in [7, 11) is 0. The van der Waals surface area contributed by atoms with Crippen LogP contribution < -0.4 is 11.1 Å². The molecule has 4 heteroatoms. The standard InChI is InChI=1S/C13H13N3O/c1-3-5-11(15)13(17)16-12-7-4-6-9(2)10(12)8-14/h1,4,6-7,11H,5,15H2,2H3,(H,16,17). The van der Waals surface area contributed by atoms with E-state index >= 15 is 0 Å². The van der Waals surface area contributed by atoms with Crippen molar-refractivity contribution in [2.75, 3.05) is 5.32 Å². The molecule has 4 nitrogen and oxygen atoms in total. The molecule has 0 saturated carbocycles. The number of nitrogens with two attached hydrogens (primary N) is 1. The average Bonchev–Trinajstić information content (AvgIpc) is 2.29. The molecule has 0 aliphatic rings. The molecule has 0 saturated heterocycles. The zero-order valence-electron chi connectivity index (χ0n) is 9.53. The Balaban J connectivity index is 2.90. The van der Waals surface area contributed by atoms with Crippen LogP contribution in [-0.2, 0) is 4.79 Å². The van der Waals surface area contributed by atoms with Crippen LogP contribution in [0.3, 0.4) is 0 Å². The van der Waals surface area contributed by atoms with Gasteiger partial charge in [0.2, 0.25) is 5.91 Å². The first-order valence-electron chi connectivity index (χ1n) is 5.09. The van der Waals surface area contributed by atoms with Crippen molar-refractivity contribution < 1.29 is 4.79 Å². The largest absolute Gasteiger partial charge is 0.324 e. The molecule has 1 unspecified atom stereocenters. The maximum Gasteiger partial charge on any atom is 0.242 e. The van der Waals surface area contributed by atoms with Crippen LogP contribution in [0.25, 0.3) is 0 Å². The molecule has 0 aliphatic carbocycles. The molecule has 17 heavy (non-hydrogen) atoms. The van der Waals surface area contributed by atoms with Gasteiger partial charge in [-0.05, 0) is 18.6 Å². The van der Waals surface area contributed by atoms with Crippen molar-refractivity contribution in [1.82, 2.24) is 0 Å². The third kappa shape index (κ3) is 3.07. The Kier molecular flexibility index (Phi) is 4.28. The van der Waals surface area contributed by atoms with Crippen molar-refractivity contribution in [2.24, 2.45) is 5.73 Å². The highest BCUT2D eigenvalue weighted by Gasteiger charge is 2.14. The summed E-state index contributed by atoms with van der Waals surface area (Å²) in [5.74, 6) is 1.94. The van der Waals surface area contributed by atoms with Crippen LogP contribution in [-0.4, -0.2) is 11.9 Å². The van der Waals surface area contributed by atoms with Crippen molar-refractivity contribution in [2.45, 2.75) is 19.4 Å². The SMILES string of the molecule is C#CCC(N)C(=O)Nc1cccc(C)c1C#N. The van der Waals surface area contributed by atoms with Crippen LogP contribution in [0.4, 0.5) is 5.69 Å². The number of nitrogens with zero attached hydrogens (tertiary/aromatic N) is 1. The first-order chi connectivity index (χ1) is 8.10. The fraction of sp³-hybridized carbons (Fsp3) is 0.231. The second-order valence-corrected chi connectivity index (χ2v) is 3.61. The number of benzene rings is 1. The molecular weight excluding hydrogens is 214 g/mol. The van der Waals surface area contributed by atoms with E-state index in [-0.39, 0.29) is 12.3 Å². The number of hydrogen-bond donors (Lipinski definition) is 2. The maximum atomic E-state index is 11.6. The Morgan fingerprint density at radius 1 is 1.65 bits per heavy atom. The summed E-state index contributed by atoms with van der Waals surface area (Å²) >= 11 is 0. The minimum Gasteiger partial charge on any atom is -0.324 e. The van der Waals surface area contributed by atoms with E-state index in [0.29, 0.717) is 11.3 Å². The van der Waals surface area contributed by atoms with Gasteiger partial charge in [-0.2, -0.15) is 5.26 Å². The number of nitriles is 1. The Bertz CT molecular complexity index is 508. The Morgan fingerprint density at radius 2 is 2.35 bits per heavy atom. The summed E-state index contributed by atoms with van der Waals surface area (Å²) in [5, 5.41) is 11.6. The monoisotopic (exact) mass is 227 g/mol. The lowest BCUT2D eigenvalue weighted by atomic mass is 10.1. The van der Waals surface area contributed by atoms with Crippen LogP contribution in [0.15, 0.2) is 18.2 Å². The number of carbonyl (C=O) groups excluding carboxylic acids is 1. The van der Waals surface area contributed by atoms with Gasteiger partial charge in [-0.3, -0.25) is 4.79 Å². The quantitative estimate of drug-likeness (QED) is 0.760. The van der Waals surface area contributed by atoms with Gasteiger partial charge >= 0.3 is 0 Å². The Hall–Kier alpha value is -2.30. The van der Waals surface area contributed by atoms with Gasteiger partial charge in [-0.25, -0.2) is 0 Å². The van der Waals surface area contributed by atoms with E-state index in [2.05, 4.69) is 11.2 Å². The van der Waals surface area contributed by atoms with Gasteiger partial charge in [0, 0.05) is 6.42 Å². The lowest BCUT2D eigenvalue weighted by Gasteiger charge is -2.11. The van der Waals surface area contributed by atoms with Gasteiger partial charge in [-0.1, -0.05) is 12.1 Å². The summed E-state index contributed by atoms with van der Waals surface area (Å²) in [4.78, 5) is 11.6. The molecule has 1 aromatic carbocycles. The highest BCUT2D eigenvalue weighted by Crippen LogP contribution is 2.18. The van der Waals surface area contributed by atoms with E-state index < -0.39 is 6.04 Å². The molecule has 1 amide bonds. The Morgan fingerprint density at radius 3 is 2.94 bits per heavy atom. The second-order valence-electron chi connectivity index (χ2n) is 3.61. The molecule has 0 spiro atoms. The van der Waals surface area contributed by atoms with E-state index in [4.69, 9.17) is 17.4 Å². The lowest BCUT2D eigenvalue weighted by molar-refractivity contribution is -0.117. The predicted molar refractivity (Wildman–Crippen MR) is 65.9 cm³/mol. The maximum absolute atomic E-state index is 11.6. The highest BCUT2D eigenvalue weighted by molar-refractivity contribution is 5.96. The van der Waals surface area contributed by atoms with Crippen LogP contribution in [0.5, 0.6) is 0 Å². The van der Waals surface area contributed by atoms with E-state index in [9.17, 15) is 4.79 Å². The first-order valence-corrected chi connectivity index (χ1v) is 5.09. The average molecular weight is 227 g/mol. The lowest BCUT2D eigenvalue weighted by Crippen LogP contribution is -2.35. The molecule has 1 rings (SSSR count). The van der Waals surface area contributed by atoms with Crippen LogP contribution in [0.1, 0.15) is 17.5 Å². The number of rotatable bonds is 3. The predicted octanol–water partition coefficient (Wildman–Crippen LogP) is 1.16. The molecular formula is C13H13N3O. The van der Waals surface area contributed by atoms with Gasteiger partial charge in [0.05, 0.1) is 17.3 Å². The van der Waals surface area contributed by atoms with Gasteiger partial charge in [0.15, 0.2) is 0 Å².